The van der Waals surface area contributed by atoms with Crippen LogP contribution < -0.4 is 14.3 Å². The summed E-state index contributed by atoms with van der Waals surface area (Å²) in [4.78, 5) is 13.5. The predicted octanol–water partition coefficient (Wildman–Crippen LogP) is 0.211. The average molecular weight is 462 g/mol. The quantitative estimate of drug-likeness (QED) is 0.690. The van der Waals surface area contributed by atoms with E-state index in [2.05, 4.69) is 4.98 Å². The molecule has 2 aliphatic heterocycles. The molecule has 3 heterocycles. The van der Waals surface area contributed by atoms with Crippen molar-refractivity contribution in [2.45, 2.75) is 16.0 Å². The summed E-state index contributed by atoms with van der Waals surface area (Å²) in [5.41, 5.74) is 0.284. The van der Waals surface area contributed by atoms with Gasteiger partial charge in [0.05, 0.1) is 4.90 Å². The minimum absolute atomic E-state index is 0.00234. The molecule has 1 aromatic heterocycles. The fourth-order valence-electron chi connectivity index (χ4n) is 3.24. The molecule has 29 heavy (non-hydrogen) atoms. The van der Waals surface area contributed by atoms with Crippen LogP contribution in [0.3, 0.4) is 0 Å². The summed E-state index contributed by atoms with van der Waals surface area (Å²) in [7, 11) is -7.67. The molecule has 0 aliphatic carbocycles. The highest BCUT2D eigenvalue weighted by atomic mass is 32.2. The molecule has 13 heteroatoms. The molecule has 0 atom stereocenters. The predicted molar refractivity (Wildman–Crippen MR) is 105 cm³/mol. The van der Waals surface area contributed by atoms with Crippen LogP contribution in [0.1, 0.15) is 5.69 Å². The van der Waals surface area contributed by atoms with Gasteiger partial charge in [-0.1, -0.05) is 11.3 Å². The summed E-state index contributed by atoms with van der Waals surface area (Å²) < 4.78 is 64.8. The Bertz CT molecular complexity index is 1190. The number of aromatic nitrogens is 1. The van der Waals surface area contributed by atoms with Gasteiger partial charge in [0, 0.05) is 37.9 Å². The Morgan fingerprint density at radius 1 is 0.931 bits per heavy atom. The number of hydrogen-bond acceptors (Lipinski definition) is 8. The maximum Gasteiger partial charge on any atom is 0.305 e. The second-order valence-electron chi connectivity index (χ2n) is 6.54. The topological polar surface area (TPSA) is 126 Å². The molecule has 0 saturated carbocycles. The number of benzene rings is 1. The van der Waals surface area contributed by atoms with Gasteiger partial charge in [0.1, 0.15) is 13.2 Å². The first-order chi connectivity index (χ1) is 13.7. The molecule has 1 N–H and O–H groups in total. The van der Waals surface area contributed by atoms with Crippen molar-refractivity contribution >= 4 is 31.4 Å². The minimum Gasteiger partial charge on any atom is -0.486 e. The van der Waals surface area contributed by atoms with Crippen molar-refractivity contribution in [2.75, 3.05) is 39.4 Å². The molecule has 0 spiro atoms. The fraction of sp³-hybridized carbons (Fsp3) is 0.438. The molecule has 1 aromatic carbocycles. The smallest absolute Gasteiger partial charge is 0.305 e. The number of thiazole rings is 1. The van der Waals surface area contributed by atoms with Crippen LogP contribution in [0.2, 0.25) is 0 Å². The normalized spacial score (nSPS) is 18.7. The molecular formula is C16H19N3O7S3. The number of nitrogens with one attached hydrogen (secondary N) is 1. The summed E-state index contributed by atoms with van der Waals surface area (Å²) in [6, 6.07) is 4.43. The first kappa shape index (κ1) is 20.3. The van der Waals surface area contributed by atoms with Gasteiger partial charge in [-0.25, -0.2) is 16.8 Å². The van der Waals surface area contributed by atoms with E-state index < -0.39 is 24.9 Å². The lowest BCUT2D eigenvalue weighted by Crippen LogP contribution is -2.50. The Hall–Kier alpha value is -1.93. The van der Waals surface area contributed by atoms with Crippen LogP contribution >= 0.6 is 11.3 Å². The van der Waals surface area contributed by atoms with E-state index in [1.165, 1.54) is 27.7 Å². The van der Waals surface area contributed by atoms with E-state index in [0.717, 1.165) is 0 Å². The van der Waals surface area contributed by atoms with Crippen LogP contribution in [0, 0.1) is 6.92 Å². The van der Waals surface area contributed by atoms with Gasteiger partial charge in [0.2, 0.25) is 10.0 Å². The van der Waals surface area contributed by atoms with Crippen molar-refractivity contribution in [3.63, 3.8) is 0 Å². The first-order valence-electron chi connectivity index (χ1n) is 8.79. The molecule has 2 aromatic rings. The lowest BCUT2D eigenvalue weighted by molar-refractivity contribution is 0.171. The van der Waals surface area contributed by atoms with Gasteiger partial charge in [-0.2, -0.15) is 8.61 Å². The summed E-state index contributed by atoms with van der Waals surface area (Å²) >= 11 is 0.633. The molecule has 0 amide bonds. The summed E-state index contributed by atoms with van der Waals surface area (Å²) in [5, 5.41) is 0. The van der Waals surface area contributed by atoms with Crippen molar-refractivity contribution in [1.82, 2.24) is 13.6 Å². The molecule has 1 saturated heterocycles. The Labute approximate surface area is 171 Å². The van der Waals surface area contributed by atoms with Gasteiger partial charge in [0.25, 0.3) is 10.0 Å². The van der Waals surface area contributed by atoms with Crippen molar-refractivity contribution in [2.24, 2.45) is 0 Å². The standard InChI is InChI=1S/C16H19N3O7S3/c1-11-15(27-16(20)17-11)29(23,24)19-6-4-18(5-7-19)28(21,22)12-2-3-13-14(10-12)26-9-8-25-13/h2-3,10H,4-9H2,1H3,(H,17,20). The van der Waals surface area contributed by atoms with E-state index in [1.807, 2.05) is 0 Å². The number of aromatic amines is 1. The van der Waals surface area contributed by atoms with E-state index in [9.17, 15) is 21.6 Å². The maximum absolute atomic E-state index is 13.0. The van der Waals surface area contributed by atoms with Crippen LogP contribution in [-0.4, -0.2) is 69.8 Å². The number of aryl methyl sites for hydroxylation is 1. The Morgan fingerprint density at radius 2 is 1.52 bits per heavy atom. The number of sulfonamides is 2. The zero-order valence-corrected chi connectivity index (χ0v) is 17.9. The molecule has 2 aliphatic rings. The van der Waals surface area contributed by atoms with E-state index in [0.29, 0.717) is 36.0 Å². The first-order valence-corrected chi connectivity index (χ1v) is 12.5. The van der Waals surface area contributed by atoms with Gasteiger partial charge in [-0.05, 0) is 19.1 Å². The molecule has 10 nitrogen and oxygen atoms in total. The second-order valence-corrected chi connectivity index (χ2v) is 11.6. The van der Waals surface area contributed by atoms with Crippen molar-refractivity contribution in [3.8, 4) is 11.5 Å². The highest BCUT2D eigenvalue weighted by Gasteiger charge is 2.35. The largest absolute Gasteiger partial charge is 0.486 e. The van der Waals surface area contributed by atoms with Crippen molar-refractivity contribution in [1.29, 1.82) is 0 Å². The van der Waals surface area contributed by atoms with Crippen LogP contribution in [0.15, 0.2) is 32.1 Å². The molecule has 4 rings (SSSR count). The van der Waals surface area contributed by atoms with Crippen molar-refractivity contribution in [3.05, 3.63) is 33.6 Å². The van der Waals surface area contributed by atoms with E-state index in [-0.39, 0.29) is 41.0 Å². The number of nitrogens with zero attached hydrogens (tertiary/aromatic N) is 2. The number of H-pyrrole nitrogens is 1. The van der Waals surface area contributed by atoms with Crippen LogP contribution in [0.4, 0.5) is 0 Å². The number of fused-ring (bicyclic) bond motifs is 1. The van der Waals surface area contributed by atoms with E-state index in [1.54, 1.807) is 6.07 Å². The lowest BCUT2D eigenvalue weighted by atomic mass is 10.3. The zero-order chi connectivity index (χ0) is 20.8. The van der Waals surface area contributed by atoms with Gasteiger partial charge in [0.15, 0.2) is 15.7 Å². The highest BCUT2D eigenvalue weighted by Crippen LogP contribution is 2.33. The Kier molecular flexibility index (Phi) is 5.19. The fourth-order valence-corrected chi connectivity index (χ4v) is 7.53. The molecular weight excluding hydrogens is 442 g/mol. The lowest BCUT2D eigenvalue weighted by Gasteiger charge is -2.33. The number of ether oxygens (including phenoxy) is 2. The van der Waals surface area contributed by atoms with Crippen LogP contribution in [0.5, 0.6) is 11.5 Å². The monoisotopic (exact) mass is 461 g/mol. The number of piperazine rings is 1. The summed E-state index contributed by atoms with van der Waals surface area (Å²) in [6.07, 6.45) is 0. The SMILES string of the molecule is Cc1[nH]c(=O)sc1S(=O)(=O)N1CCN(S(=O)(=O)c2ccc3c(c2)OCCO3)CC1. The Balaban J connectivity index is 1.52. The summed E-state index contributed by atoms with van der Waals surface area (Å²) in [6.45, 7) is 2.29. The third kappa shape index (κ3) is 3.68. The van der Waals surface area contributed by atoms with Gasteiger partial charge in [-0.15, -0.1) is 0 Å². The average Bonchev–Trinajstić information content (AvgIpc) is 3.06. The van der Waals surface area contributed by atoms with Gasteiger partial charge >= 0.3 is 4.87 Å². The Morgan fingerprint density at radius 3 is 2.10 bits per heavy atom. The molecule has 0 radical (unpaired) electrons. The number of rotatable bonds is 4. The van der Waals surface area contributed by atoms with Crippen molar-refractivity contribution < 1.29 is 26.3 Å². The minimum atomic E-state index is -3.85. The van der Waals surface area contributed by atoms with E-state index >= 15 is 0 Å². The molecule has 0 bridgehead atoms. The van der Waals surface area contributed by atoms with Gasteiger partial charge < -0.3 is 14.5 Å². The molecule has 158 valence electrons. The second kappa shape index (κ2) is 7.40. The number of hydrogen-bond donors (Lipinski definition) is 1. The van der Waals surface area contributed by atoms with Gasteiger partial charge in [-0.3, -0.25) is 4.79 Å². The molecule has 1 fully saturated rings. The maximum atomic E-state index is 13.0. The summed E-state index contributed by atoms with van der Waals surface area (Å²) in [5.74, 6) is 0.864. The molecule has 0 unspecified atom stereocenters. The van der Waals surface area contributed by atoms with Crippen LogP contribution in [-0.2, 0) is 20.0 Å². The van der Waals surface area contributed by atoms with Crippen LogP contribution in [0.25, 0.3) is 0 Å². The highest BCUT2D eigenvalue weighted by molar-refractivity contribution is 7.91. The third-order valence-electron chi connectivity index (χ3n) is 4.70. The van der Waals surface area contributed by atoms with E-state index in [4.69, 9.17) is 9.47 Å². The zero-order valence-electron chi connectivity index (χ0n) is 15.5. The third-order valence-corrected chi connectivity index (χ3v) is 10.1.